The maximum atomic E-state index is 12.8. The maximum Gasteiger partial charge on any atom is 0.231 e. The van der Waals surface area contributed by atoms with Gasteiger partial charge in [0.1, 0.15) is 0 Å². The Hall–Kier alpha value is -3.47. The topological polar surface area (TPSA) is 52.5 Å². The molecule has 0 spiro atoms. The van der Waals surface area contributed by atoms with Crippen LogP contribution in [0.1, 0.15) is 5.56 Å². The molecule has 1 aliphatic heterocycles. The van der Waals surface area contributed by atoms with Gasteiger partial charge in [-0.05, 0) is 48.0 Å². The van der Waals surface area contributed by atoms with E-state index in [0.717, 1.165) is 44.6 Å². The first-order chi connectivity index (χ1) is 13.2. The molecule has 0 amide bonds. The molecule has 3 aromatic carbocycles. The highest BCUT2D eigenvalue weighted by Gasteiger charge is 2.13. The van der Waals surface area contributed by atoms with Crippen molar-refractivity contribution in [1.82, 2.24) is 4.57 Å². The van der Waals surface area contributed by atoms with E-state index in [4.69, 9.17) is 9.47 Å². The number of anilines is 1. The van der Waals surface area contributed by atoms with E-state index in [1.165, 1.54) is 0 Å². The first kappa shape index (κ1) is 15.8. The molecule has 5 rings (SSSR count). The third kappa shape index (κ3) is 2.59. The number of para-hydroxylation sites is 1. The Bertz CT molecular complexity index is 1240. The molecule has 134 valence electrons. The molecule has 27 heavy (non-hydrogen) atoms. The van der Waals surface area contributed by atoms with Crippen molar-refractivity contribution >= 4 is 27.5 Å². The van der Waals surface area contributed by atoms with E-state index >= 15 is 0 Å². The van der Waals surface area contributed by atoms with Crippen molar-refractivity contribution in [3.8, 4) is 11.5 Å². The van der Waals surface area contributed by atoms with Crippen LogP contribution in [-0.2, 0) is 13.6 Å². The summed E-state index contributed by atoms with van der Waals surface area (Å²) in [6, 6.07) is 19.5. The van der Waals surface area contributed by atoms with E-state index in [2.05, 4.69) is 9.88 Å². The Morgan fingerprint density at radius 1 is 0.926 bits per heavy atom. The van der Waals surface area contributed by atoms with Gasteiger partial charge in [-0.2, -0.15) is 0 Å². The largest absolute Gasteiger partial charge is 0.454 e. The zero-order chi connectivity index (χ0) is 18.4. The molecule has 2 heterocycles. The Kier molecular flexibility index (Phi) is 3.53. The number of fused-ring (bicyclic) bond motifs is 3. The molecule has 4 aromatic rings. The number of aryl methyl sites for hydroxylation is 1. The molecular formula is C22H18N2O3. The van der Waals surface area contributed by atoms with Crippen LogP contribution < -0.4 is 20.2 Å². The molecule has 0 aliphatic carbocycles. The third-order valence-corrected chi connectivity index (χ3v) is 5.05. The van der Waals surface area contributed by atoms with Gasteiger partial charge in [-0.1, -0.05) is 18.2 Å². The van der Waals surface area contributed by atoms with Crippen LogP contribution in [0.15, 0.2) is 65.5 Å². The molecule has 0 bridgehead atoms. The lowest BCUT2D eigenvalue weighted by molar-refractivity contribution is 0.174. The SMILES string of the molecule is Cn1c2ccccc2c(=O)c2ccc(NCc3ccc4c(c3)OCO4)cc21. The molecule has 1 N–H and O–H groups in total. The van der Waals surface area contributed by atoms with Crippen molar-refractivity contribution in [3.05, 3.63) is 76.5 Å². The number of nitrogens with one attached hydrogen (secondary N) is 1. The second-order valence-electron chi connectivity index (χ2n) is 6.68. The van der Waals surface area contributed by atoms with Gasteiger partial charge in [-0.25, -0.2) is 0 Å². The fraction of sp³-hybridized carbons (Fsp3) is 0.136. The average Bonchev–Trinajstić information content (AvgIpc) is 3.18. The Morgan fingerprint density at radius 3 is 2.67 bits per heavy atom. The molecule has 0 radical (unpaired) electrons. The molecule has 5 heteroatoms. The summed E-state index contributed by atoms with van der Waals surface area (Å²) in [7, 11) is 1.99. The van der Waals surface area contributed by atoms with Crippen molar-refractivity contribution in [1.29, 1.82) is 0 Å². The van der Waals surface area contributed by atoms with E-state index in [0.29, 0.717) is 6.54 Å². The lowest BCUT2D eigenvalue weighted by atomic mass is 10.1. The van der Waals surface area contributed by atoms with E-state index in [9.17, 15) is 4.79 Å². The molecule has 0 unspecified atom stereocenters. The van der Waals surface area contributed by atoms with Gasteiger partial charge in [-0.3, -0.25) is 4.79 Å². The molecule has 0 saturated carbocycles. The smallest absolute Gasteiger partial charge is 0.231 e. The standard InChI is InChI=1S/C22H18N2O3/c1-24-18-5-3-2-4-16(18)22(25)17-8-7-15(11-19(17)24)23-12-14-6-9-20-21(10-14)27-13-26-20/h2-11,23H,12-13H2,1H3. The monoisotopic (exact) mass is 358 g/mol. The van der Waals surface area contributed by atoms with Crippen molar-refractivity contribution in [2.45, 2.75) is 6.54 Å². The van der Waals surface area contributed by atoms with Crippen molar-refractivity contribution in [2.75, 3.05) is 12.1 Å². The first-order valence-electron chi connectivity index (χ1n) is 8.84. The number of rotatable bonds is 3. The minimum Gasteiger partial charge on any atom is -0.454 e. The number of hydrogen-bond acceptors (Lipinski definition) is 4. The lowest BCUT2D eigenvalue weighted by Gasteiger charge is -2.13. The van der Waals surface area contributed by atoms with Crippen LogP contribution in [0.3, 0.4) is 0 Å². The molecule has 0 saturated heterocycles. The maximum absolute atomic E-state index is 12.8. The summed E-state index contributed by atoms with van der Waals surface area (Å²) >= 11 is 0. The van der Waals surface area contributed by atoms with Crippen LogP contribution in [0.25, 0.3) is 21.8 Å². The van der Waals surface area contributed by atoms with Gasteiger partial charge in [0.15, 0.2) is 16.9 Å². The van der Waals surface area contributed by atoms with E-state index in [-0.39, 0.29) is 12.2 Å². The van der Waals surface area contributed by atoms with Crippen LogP contribution in [0.5, 0.6) is 11.5 Å². The highest BCUT2D eigenvalue weighted by molar-refractivity contribution is 5.94. The predicted molar refractivity (Wildman–Crippen MR) is 107 cm³/mol. The van der Waals surface area contributed by atoms with Gasteiger partial charge in [0, 0.05) is 30.1 Å². The first-order valence-corrected chi connectivity index (χ1v) is 8.84. The normalized spacial score (nSPS) is 12.6. The summed E-state index contributed by atoms with van der Waals surface area (Å²) in [6.45, 7) is 0.933. The number of nitrogens with zero attached hydrogens (tertiary/aromatic N) is 1. The van der Waals surface area contributed by atoms with Gasteiger partial charge < -0.3 is 19.4 Å². The van der Waals surface area contributed by atoms with Crippen molar-refractivity contribution in [3.63, 3.8) is 0 Å². The Labute approximate surface area is 155 Å². The summed E-state index contributed by atoms with van der Waals surface area (Å²) < 4.78 is 12.8. The average molecular weight is 358 g/mol. The van der Waals surface area contributed by atoms with Crippen LogP contribution in [-0.4, -0.2) is 11.4 Å². The van der Waals surface area contributed by atoms with Crippen molar-refractivity contribution in [2.24, 2.45) is 7.05 Å². The predicted octanol–water partition coefficient (Wildman–Crippen LogP) is 4.03. The molecule has 0 fully saturated rings. The van der Waals surface area contributed by atoms with E-state index < -0.39 is 0 Å². The highest BCUT2D eigenvalue weighted by atomic mass is 16.7. The van der Waals surface area contributed by atoms with Gasteiger partial charge in [0.25, 0.3) is 0 Å². The fourth-order valence-corrected chi connectivity index (χ4v) is 3.60. The quantitative estimate of drug-likeness (QED) is 0.562. The fourth-order valence-electron chi connectivity index (χ4n) is 3.60. The minimum absolute atomic E-state index is 0.0704. The van der Waals surface area contributed by atoms with Crippen LogP contribution in [0, 0.1) is 0 Å². The third-order valence-electron chi connectivity index (χ3n) is 5.05. The van der Waals surface area contributed by atoms with Gasteiger partial charge in [0.05, 0.1) is 11.0 Å². The molecule has 1 aliphatic rings. The summed E-state index contributed by atoms with van der Waals surface area (Å²) in [4.78, 5) is 12.8. The number of benzene rings is 3. The number of pyridine rings is 1. The minimum atomic E-state index is 0.0704. The second-order valence-corrected chi connectivity index (χ2v) is 6.68. The van der Waals surface area contributed by atoms with Gasteiger partial charge in [-0.15, -0.1) is 0 Å². The zero-order valence-corrected chi connectivity index (χ0v) is 14.9. The second kappa shape index (κ2) is 6.06. The van der Waals surface area contributed by atoms with Gasteiger partial charge >= 0.3 is 0 Å². The zero-order valence-electron chi connectivity index (χ0n) is 14.9. The number of hydrogen-bond donors (Lipinski definition) is 1. The van der Waals surface area contributed by atoms with Crippen LogP contribution in [0.2, 0.25) is 0 Å². The summed E-state index contributed by atoms with van der Waals surface area (Å²) in [5.74, 6) is 1.56. The van der Waals surface area contributed by atoms with Gasteiger partial charge in [0.2, 0.25) is 6.79 Å². The number of ether oxygens (including phenoxy) is 2. The van der Waals surface area contributed by atoms with Crippen LogP contribution in [0.4, 0.5) is 5.69 Å². The molecule has 0 atom stereocenters. The Morgan fingerprint density at radius 2 is 1.74 bits per heavy atom. The summed E-state index contributed by atoms with van der Waals surface area (Å²) in [5, 5.41) is 4.90. The summed E-state index contributed by atoms with van der Waals surface area (Å²) in [5.41, 5.74) is 3.98. The number of aromatic nitrogens is 1. The van der Waals surface area contributed by atoms with Crippen molar-refractivity contribution < 1.29 is 9.47 Å². The lowest BCUT2D eigenvalue weighted by Crippen LogP contribution is -2.09. The Balaban J connectivity index is 1.50. The van der Waals surface area contributed by atoms with Crippen LogP contribution >= 0.6 is 0 Å². The summed E-state index contributed by atoms with van der Waals surface area (Å²) in [6.07, 6.45) is 0. The molecule has 1 aromatic heterocycles. The van der Waals surface area contributed by atoms with E-state index in [1.807, 2.05) is 67.7 Å². The molecule has 5 nitrogen and oxygen atoms in total. The van der Waals surface area contributed by atoms with E-state index in [1.54, 1.807) is 0 Å². The molecular weight excluding hydrogens is 340 g/mol. The highest BCUT2D eigenvalue weighted by Crippen LogP contribution is 2.32.